The summed E-state index contributed by atoms with van der Waals surface area (Å²) < 4.78 is 11.0. The van der Waals surface area contributed by atoms with Gasteiger partial charge in [0.1, 0.15) is 5.60 Å². The Morgan fingerprint density at radius 2 is 2.21 bits per heavy atom. The molecule has 0 radical (unpaired) electrons. The number of rotatable bonds is 6. The molecule has 0 aromatic rings. The number of nitrogens with zero attached hydrogens (tertiary/aromatic N) is 1. The standard InChI is InChI=1S/C18H31N3O3/c1-6-8-14(16(19)7-2)12-21-9-10-23-15(13-21)11-20-17(22)24-18(3,4)5/h6-8,15H,1,9-13,19H2,2-5H3,(H,20,22)/b14-8-,16-7+. The molecule has 1 fully saturated rings. The summed E-state index contributed by atoms with van der Waals surface area (Å²) in [6, 6.07) is 0. The normalized spacial score (nSPS) is 20.6. The number of ether oxygens (including phenoxy) is 2. The van der Waals surface area contributed by atoms with E-state index in [-0.39, 0.29) is 6.10 Å². The van der Waals surface area contributed by atoms with Gasteiger partial charge in [-0.1, -0.05) is 24.8 Å². The van der Waals surface area contributed by atoms with Crippen molar-refractivity contribution in [3.8, 4) is 0 Å². The Morgan fingerprint density at radius 3 is 2.79 bits per heavy atom. The minimum Gasteiger partial charge on any atom is -0.444 e. The van der Waals surface area contributed by atoms with Crippen LogP contribution in [0.2, 0.25) is 0 Å². The van der Waals surface area contributed by atoms with Crippen LogP contribution in [0.1, 0.15) is 27.7 Å². The molecule has 0 aromatic carbocycles. The molecule has 0 aromatic heterocycles. The Hall–Kier alpha value is -1.79. The number of alkyl carbamates (subject to hydrolysis) is 1. The quantitative estimate of drug-likeness (QED) is 0.727. The zero-order chi connectivity index (χ0) is 18.2. The third kappa shape index (κ3) is 7.66. The third-order valence-electron chi connectivity index (χ3n) is 3.49. The first kappa shape index (κ1) is 20.3. The predicted molar refractivity (Wildman–Crippen MR) is 96.6 cm³/mol. The van der Waals surface area contributed by atoms with Crippen LogP contribution in [0.4, 0.5) is 4.79 Å². The van der Waals surface area contributed by atoms with Crippen molar-refractivity contribution in [1.29, 1.82) is 0 Å². The number of hydrogen-bond acceptors (Lipinski definition) is 5. The molecule has 6 heteroatoms. The molecule has 1 aliphatic rings. The minimum atomic E-state index is -0.502. The molecular formula is C18H31N3O3. The molecule has 1 amide bonds. The van der Waals surface area contributed by atoms with Crippen molar-refractivity contribution in [2.45, 2.75) is 39.4 Å². The molecule has 0 aliphatic carbocycles. The van der Waals surface area contributed by atoms with Crippen LogP contribution in [-0.2, 0) is 9.47 Å². The summed E-state index contributed by atoms with van der Waals surface area (Å²) in [7, 11) is 0. The second kappa shape index (κ2) is 9.49. The number of hydrogen-bond donors (Lipinski definition) is 2. The lowest BCUT2D eigenvalue weighted by molar-refractivity contribution is -0.0255. The summed E-state index contributed by atoms with van der Waals surface area (Å²) in [5, 5.41) is 2.76. The fourth-order valence-corrected chi connectivity index (χ4v) is 2.37. The van der Waals surface area contributed by atoms with Crippen molar-refractivity contribution in [1.82, 2.24) is 10.2 Å². The fourth-order valence-electron chi connectivity index (χ4n) is 2.37. The van der Waals surface area contributed by atoms with Gasteiger partial charge in [0.25, 0.3) is 0 Å². The molecule has 1 heterocycles. The van der Waals surface area contributed by atoms with Crippen molar-refractivity contribution < 1.29 is 14.3 Å². The van der Waals surface area contributed by atoms with Crippen LogP contribution >= 0.6 is 0 Å². The number of carbonyl (C=O) groups is 1. The van der Waals surface area contributed by atoms with E-state index in [0.29, 0.717) is 13.2 Å². The highest BCUT2D eigenvalue weighted by atomic mass is 16.6. The Kier molecular flexibility index (Phi) is 8.01. The maximum Gasteiger partial charge on any atom is 0.407 e. The highest BCUT2D eigenvalue weighted by Crippen LogP contribution is 2.12. The molecule has 6 nitrogen and oxygen atoms in total. The monoisotopic (exact) mass is 337 g/mol. The number of carbonyl (C=O) groups excluding carboxylic acids is 1. The fraction of sp³-hybridized carbons (Fsp3) is 0.611. The van der Waals surface area contributed by atoms with E-state index >= 15 is 0 Å². The second-order valence-electron chi connectivity index (χ2n) is 6.78. The number of morpholine rings is 1. The Morgan fingerprint density at radius 1 is 1.50 bits per heavy atom. The van der Waals surface area contributed by atoms with Crippen LogP contribution in [0.3, 0.4) is 0 Å². The summed E-state index contributed by atoms with van der Waals surface area (Å²) in [5.41, 5.74) is 7.31. The van der Waals surface area contributed by atoms with Crippen LogP contribution in [0.25, 0.3) is 0 Å². The van der Waals surface area contributed by atoms with Gasteiger partial charge >= 0.3 is 6.09 Å². The van der Waals surface area contributed by atoms with Crippen molar-refractivity contribution in [3.05, 3.63) is 36.1 Å². The summed E-state index contributed by atoms with van der Waals surface area (Å²) >= 11 is 0. The molecule has 0 spiro atoms. The van der Waals surface area contributed by atoms with E-state index in [1.807, 2.05) is 39.8 Å². The molecule has 1 aliphatic heterocycles. The van der Waals surface area contributed by atoms with Crippen LogP contribution in [0, 0.1) is 0 Å². The first-order valence-corrected chi connectivity index (χ1v) is 8.29. The molecular weight excluding hydrogens is 306 g/mol. The number of amides is 1. The maximum atomic E-state index is 11.7. The Balaban J connectivity index is 2.50. The molecule has 3 N–H and O–H groups in total. The average molecular weight is 337 g/mol. The lowest BCUT2D eigenvalue weighted by atomic mass is 10.1. The lowest BCUT2D eigenvalue weighted by Crippen LogP contribution is -2.48. The first-order chi connectivity index (χ1) is 11.2. The van der Waals surface area contributed by atoms with Crippen LogP contribution in [0.5, 0.6) is 0 Å². The summed E-state index contributed by atoms with van der Waals surface area (Å²) in [4.78, 5) is 14.0. The minimum absolute atomic E-state index is 0.0666. The Labute approximate surface area is 145 Å². The zero-order valence-corrected chi connectivity index (χ0v) is 15.3. The highest BCUT2D eigenvalue weighted by Gasteiger charge is 2.23. The maximum absolute atomic E-state index is 11.7. The molecule has 1 atom stereocenters. The molecule has 0 saturated carbocycles. The zero-order valence-electron chi connectivity index (χ0n) is 15.3. The van der Waals surface area contributed by atoms with Gasteiger partial charge in [-0.3, -0.25) is 4.90 Å². The SMILES string of the molecule is C=C/C=C(CN1CCOC(CNC(=O)OC(C)(C)C)C1)\C(N)=C/C. The molecule has 0 bridgehead atoms. The van der Waals surface area contributed by atoms with E-state index in [9.17, 15) is 4.79 Å². The van der Waals surface area contributed by atoms with E-state index in [0.717, 1.165) is 30.9 Å². The second-order valence-corrected chi connectivity index (χ2v) is 6.78. The van der Waals surface area contributed by atoms with Gasteiger partial charge in [0, 0.05) is 31.9 Å². The lowest BCUT2D eigenvalue weighted by Gasteiger charge is -2.33. The Bertz CT molecular complexity index is 492. The first-order valence-electron chi connectivity index (χ1n) is 8.29. The third-order valence-corrected chi connectivity index (χ3v) is 3.49. The summed E-state index contributed by atoms with van der Waals surface area (Å²) in [5.74, 6) is 0. The summed E-state index contributed by atoms with van der Waals surface area (Å²) in [6.45, 7) is 14.5. The average Bonchev–Trinajstić information content (AvgIpc) is 2.50. The van der Waals surface area contributed by atoms with Crippen molar-refractivity contribution in [3.63, 3.8) is 0 Å². The van der Waals surface area contributed by atoms with Crippen molar-refractivity contribution in [2.24, 2.45) is 5.73 Å². The summed E-state index contributed by atoms with van der Waals surface area (Å²) in [6.07, 6.45) is 5.07. The molecule has 1 unspecified atom stereocenters. The van der Waals surface area contributed by atoms with Gasteiger partial charge in [0.2, 0.25) is 0 Å². The topological polar surface area (TPSA) is 76.8 Å². The van der Waals surface area contributed by atoms with E-state index in [1.165, 1.54) is 0 Å². The van der Waals surface area contributed by atoms with Gasteiger partial charge in [-0.25, -0.2) is 4.79 Å². The molecule has 1 saturated heterocycles. The van der Waals surface area contributed by atoms with Crippen LogP contribution in [-0.4, -0.2) is 55.5 Å². The number of allylic oxidation sites excluding steroid dienone is 3. The van der Waals surface area contributed by atoms with Crippen molar-refractivity contribution >= 4 is 6.09 Å². The largest absolute Gasteiger partial charge is 0.444 e. The highest BCUT2D eigenvalue weighted by molar-refractivity contribution is 5.67. The predicted octanol–water partition coefficient (Wildman–Crippen LogP) is 2.19. The van der Waals surface area contributed by atoms with Crippen LogP contribution in [0.15, 0.2) is 36.1 Å². The van der Waals surface area contributed by atoms with Crippen molar-refractivity contribution in [2.75, 3.05) is 32.8 Å². The van der Waals surface area contributed by atoms with Gasteiger partial charge in [-0.05, 0) is 33.3 Å². The van der Waals surface area contributed by atoms with E-state index < -0.39 is 11.7 Å². The molecule has 136 valence electrons. The van der Waals surface area contributed by atoms with Crippen LogP contribution < -0.4 is 11.1 Å². The van der Waals surface area contributed by atoms with Gasteiger partial charge in [0.15, 0.2) is 0 Å². The molecule has 24 heavy (non-hydrogen) atoms. The smallest absolute Gasteiger partial charge is 0.407 e. The van der Waals surface area contributed by atoms with Gasteiger partial charge < -0.3 is 20.5 Å². The van der Waals surface area contributed by atoms with E-state index in [4.69, 9.17) is 15.2 Å². The number of nitrogens with two attached hydrogens (primary N) is 1. The van der Waals surface area contributed by atoms with Gasteiger partial charge in [-0.15, -0.1) is 0 Å². The molecule has 1 rings (SSSR count). The van der Waals surface area contributed by atoms with Gasteiger partial charge in [-0.2, -0.15) is 0 Å². The van der Waals surface area contributed by atoms with Gasteiger partial charge in [0.05, 0.1) is 12.7 Å². The van der Waals surface area contributed by atoms with E-state index in [1.54, 1.807) is 6.08 Å². The number of nitrogens with one attached hydrogen (secondary N) is 1. The van der Waals surface area contributed by atoms with E-state index in [2.05, 4.69) is 16.8 Å².